The number of rotatable bonds is 5. The zero-order valence-corrected chi connectivity index (χ0v) is 10.9. The summed E-state index contributed by atoms with van der Waals surface area (Å²) in [5.41, 5.74) is 0. The SMILES string of the molecule is CCC(NC(=O)CC1CCCCN1)C(C)C. The first-order valence-electron chi connectivity index (χ1n) is 6.66. The average Bonchev–Trinajstić information content (AvgIpc) is 2.27. The Labute approximate surface area is 99.4 Å². The Morgan fingerprint density at radius 3 is 2.69 bits per heavy atom. The molecule has 0 aromatic carbocycles. The molecule has 2 unspecified atom stereocenters. The lowest BCUT2D eigenvalue weighted by Crippen LogP contribution is -2.43. The highest BCUT2D eigenvalue weighted by molar-refractivity contribution is 5.76. The molecule has 1 amide bonds. The molecule has 0 saturated carbocycles. The van der Waals surface area contributed by atoms with Crippen molar-refractivity contribution in [3.63, 3.8) is 0 Å². The van der Waals surface area contributed by atoms with Crippen molar-refractivity contribution < 1.29 is 4.79 Å². The van der Waals surface area contributed by atoms with Crippen LogP contribution in [0.3, 0.4) is 0 Å². The second-order valence-electron chi connectivity index (χ2n) is 5.18. The number of hydrogen-bond acceptors (Lipinski definition) is 2. The van der Waals surface area contributed by atoms with Gasteiger partial charge in [0, 0.05) is 18.5 Å². The van der Waals surface area contributed by atoms with E-state index in [1.54, 1.807) is 0 Å². The molecule has 1 aliphatic rings. The van der Waals surface area contributed by atoms with Gasteiger partial charge in [-0.25, -0.2) is 0 Å². The van der Waals surface area contributed by atoms with Gasteiger partial charge in [0.2, 0.25) is 5.91 Å². The van der Waals surface area contributed by atoms with Gasteiger partial charge in [-0.1, -0.05) is 27.2 Å². The molecule has 0 radical (unpaired) electrons. The molecule has 1 saturated heterocycles. The van der Waals surface area contributed by atoms with E-state index in [0.717, 1.165) is 19.4 Å². The minimum Gasteiger partial charge on any atom is -0.353 e. The van der Waals surface area contributed by atoms with Crippen LogP contribution in [0.1, 0.15) is 52.9 Å². The van der Waals surface area contributed by atoms with Gasteiger partial charge >= 0.3 is 0 Å². The predicted molar refractivity (Wildman–Crippen MR) is 67.3 cm³/mol. The van der Waals surface area contributed by atoms with Crippen LogP contribution >= 0.6 is 0 Å². The maximum Gasteiger partial charge on any atom is 0.221 e. The molecule has 16 heavy (non-hydrogen) atoms. The van der Waals surface area contributed by atoms with Crippen LogP contribution in [0.4, 0.5) is 0 Å². The lowest BCUT2D eigenvalue weighted by molar-refractivity contribution is -0.122. The molecule has 0 aromatic rings. The molecule has 3 nitrogen and oxygen atoms in total. The number of piperidine rings is 1. The molecule has 0 aliphatic carbocycles. The Morgan fingerprint density at radius 2 is 2.19 bits per heavy atom. The summed E-state index contributed by atoms with van der Waals surface area (Å²) in [7, 11) is 0. The van der Waals surface area contributed by atoms with Crippen LogP contribution in [-0.2, 0) is 4.79 Å². The molecule has 0 aromatic heterocycles. The van der Waals surface area contributed by atoms with Gasteiger partial charge < -0.3 is 10.6 Å². The Morgan fingerprint density at radius 1 is 1.44 bits per heavy atom. The van der Waals surface area contributed by atoms with E-state index in [-0.39, 0.29) is 5.91 Å². The molecule has 1 rings (SSSR count). The fraction of sp³-hybridized carbons (Fsp3) is 0.923. The van der Waals surface area contributed by atoms with Gasteiger partial charge in [0.05, 0.1) is 0 Å². The summed E-state index contributed by atoms with van der Waals surface area (Å²) in [5, 5.41) is 6.54. The molecular formula is C13H26N2O. The van der Waals surface area contributed by atoms with E-state index < -0.39 is 0 Å². The Hall–Kier alpha value is -0.570. The van der Waals surface area contributed by atoms with E-state index in [4.69, 9.17) is 0 Å². The van der Waals surface area contributed by atoms with Gasteiger partial charge in [0.15, 0.2) is 0 Å². The van der Waals surface area contributed by atoms with Crippen molar-refractivity contribution in [2.45, 2.75) is 65.0 Å². The molecule has 2 N–H and O–H groups in total. The third-order valence-electron chi connectivity index (χ3n) is 3.44. The second-order valence-corrected chi connectivity index (χ2v) is 5.18. The molecule has 0 bridgehead atoms. The molecule has 3 heteroatoms. The molecule has 2 atom stereocenters. The Kier molecular flexibility index (Phi) is 5.81. The predicted octanol–water partition coefficient (Wildman–Crippen LogP) is 2.07. The fourth-order valence-corrected chi connectivity index (χ4v) is 2.33. The third kappa shape index (κ3) is 4.52. The number of carbonyl (C=O) groups excluding carboxylic acids is 1. The summed E-state index contributed by atoms with van der Waals surface area (Å²) >= 11 is 0. The number of amides is 1. The van der Waals surface area contributed by atoms with E-state index in [1.807, 2.05) is 0 Å². The van der Waals surface area contributed by atoms with E-state index in [0.29, 0.717) is 24.4 Å². The summed E-state index contributed by atoms with van der Waals surface area (Å²) < 4.78 is 0. The van der Waals surface area contributed by atoms with E-state index in [2.05, 4.69) is 31.4 Å². The topological polar surface area (TPSA) is 41.1 Å². The van der Waals surface area contributed by atoms with E-state index >= 15 is 0 Å². The summed E-state index contributed by atoms with van der Waals surface area (Å²) in [6.07, 6.45) is 5.31. The van der Waals surface area contributed by atoms with Crippen molar-refractivity contribution >= 4 is 5.91 Å². The monoisotopic (exact) mass is 226 g/mol. The van der Waals surface area contributed by atoms with Gasteiger partial charge in [-0.3, -0.25) is 4.79 Å². The van der Waals surface area contributed by atoms with Gasteiger partial charge in [0.25, 0.3) is 0 Å². The highest BCUT2D eigenvalue weighted by Crippen LogP contribution is 2.11. The lowest BCUT2D eigenvalue weighted by atomic mass is 9.99. The Balaban J connectivity index is 2.28. The maximum atomic E-state index is 11.8. The standard InChI is InChI=1S/C13H26N2O/c1-4-12(10(2)3)15-13(16)9-11-7-5-6-8-14-11/h10-12,14H,4-9H2,1-3H3,(H,15,16). The first kappa shape index (κ1) is 13.5. The smallest absolute Gasteiger partial charge is 0.221 e. The van der Waals surface area contributed by atoms with Crippen molar-refractivity contribution in [3.05, 3.63) is 0 Å². The molecule has 94 valence electrons. The van der Waals surface area contributed by atoms with Crippen molar-refractivity contribution in [1.82, 2.24) is 10.6 Å². The first-order valence-corrected chi connectivity index (χ1v) is 6.66. The van der Waals surface area contributed by atoms with Gasteiger partial charge in [-0.15, -0.1) is 0 Å². The molecule has 1 heterocycles. The summed E-state index contributed by atoms with van der Waals surface area (Å²) in [5.74, 6) is 0.730. The summed E-state index contributed by atoms with van der Waals surface area (Å²) in [4.78, 5) is 11.8. The van der Waals surface area contributed by atoms with Crippen molar-refractivity contribution in [3.8, 4) is 0 Å². The number of hydrogen-bond donors (Lipinski definition) is 2. The van der Waals surface area contributed by atoms with Crippen molar-refractivity contribution in [1.29, 1.82) is 0 Å². The van der Waals surface area contributed by atoms with Gasteiger partial charge in [-0.05, 0) is 31.7 Å². The summed E-state index contributed by atoms with van der Waals surface area (Å²) in [6, 6.07) is 0.731. The zero-order valence-electron chi connectivity index (χ0n) is 10.9. The van der Waals surface area contributed by atoms with Crippen LogP contribution in [-0.4, -0.2) is 24.5 Å². The molecular weight excluding hydrogens is 200 g/mol. The van der Waals surface area contributed by atoms with Crippen molar-refractivity contribution in [2.75, 3.05) is 6.54 Å². The van der Waals surface area contributed by atoms with Crippen LogP contribution in [0.5, 0.6) is 0 Å². The van der Waals surface area contributed by atoms with Crippen LogP contribution in [0.15, 0.2) is 0 Å². The van der Waals surface area contributed by atoms with Gasteiger partial charge in [-0.2, -0.15) is 0 Å². The van der Waals surface area contributed by atoms with E-state index in [1.165, 1.54) is 12.8 Å². The molecule has 0 spiro atoms. The minimum atomic E-state index is 0.208. The maximum absolute atomic E-state index is 11.8. The minimum absolute atomic E-state index is 0.208. The van der Waals surface area contributed by atoms with Crippen molar-refractivity contribution in [2.24, 2.45) is 5.92 Å². The largest absolute Gasteiger partial charge is 0.353 e. The Bertz CT molecular complexity index is 210. The third-order valence-corrected chi connectivity index (χ3v) is 3.44. The first-order chi connectivity index (χ1) is 7.63. The average molecular weight is 226 g/mol. The van der Waals surface area contributed by atoms with E-state index in [9.17, 15) is 4.79 Å². The lowest BCUT2D eigenvalue weighted by Gasteiger charge is -2.25. The van der Waals surface area contributed by atoms with Crippen LogP contribution in [0.2, 0.25) is 0 Å². The second kappa shape index (κ2) is 6.89. The molecule has 1 aliphatic heterocycles. The molecule has 1 fully saturated rings. The van der Waals surface area contributed by atoms with Crippen LogP contribution in [0, 0.1) is 5.92 Å². The quantitative estimate of drug-likeness (QED) is 0.753. The van der Waals surface area contributed by atoms with Crippen LogP contribution in [0.25, 0.3) is 0 Å². The number of carbonyl (C=O) groups is 1. The highest BCUT2D eigenvalue weighted by atomic mass is 16.1. The normalized spacial score (nSPS) is 23.1. The fourth-order valence-electron chi connectivity index (χ4n) is 2.33. The summed E-state index contributed by atoms with van der Waals surface area (Å²) in [6.45, 7) is 7.52. The van der Waals surface area contributed by atoms with Crippen LogP contribution < -0.4 is 10.6 Å². The van der Waals surface area contributed by atoms with Gasteiger partial charge in [0.1, 0.15) is 0 Å². The highest BCUT2D eigenvalue weighted by Gasteiger charge is 2.19. The zero-order chi connectivity index (χ0) is 12.0. The number of nitrogens with one attached hydrogen (secondary N) is 2.